The van der Waals surface area contributed by atoms with Crippen LogP contribution in [0.25, 0.3) is 0 Å². The molecule has 0 heterocycles. The van der Waals surface area contributed by atoms with E-state index < -0.39 is 69.5 Å². The van der Waals surface area contributed by atoms with E-state index in [1.807, 2.05) is 0 Å². The Morgan fingerprint density at radius 3 is 1.18 bits per heavy atom. The molecule has 0 saturated heterocycles. The highest BCUT2D eigenvalue weighted by molar-refractivity contribution is 14.1. The lowest BCUT2D eigenvalue weighted by Gasteiger charge is -2.38. The van der Waals surface area contributed by atoms with Crippen LogP contribution in [0.5, 0.6) is 0 Å². The van der Waals surface area contributed by atoms with Crippen molar-refractivity contribution >= 4 is 57.1 Å². The molecule has 0 spiro atoms. The monoisotopic (exact) mass is 654 g/mol. The number of hydrogen-bond acceptors (Lipinski definition) is 4. The Labute approximate surface area is 182 Å². The molecule has 0 amide bonds. The van der Waals surface area contributed by atoms with E-state index in [2.05, 4.69) is 9.47 Å². The molecule has 0 bridgehead atoms. The summed E-state index contributed by atoms with van der Waals surface area (Å²) >= 11 is 2.31. The predicted molar refractivity (Wildman–Crippen MR) is 97.9 cm³/mol. The molecule has 28 heavy (non-hydrogen) atoms. The number of esters is 2. The molecule has 4 nitrogen and oxygen atoms in total. The quantitative estimate of drug-likeness (QED) is 0.136. The molecule has 0 aliphatic heterocycles. The maximum atomic E-state index is 13.8. The van der Waals surface area contributed by atoms with Crippen LogP contribution < -0.4 is 0 Å². The number of alkyl halides is 10. The average Bonchev–Trinajstić information content (AvgIpc) is 2.49. The Balaban J connectivity index is 5.39. The lowest BCUT2D eigenvalue weighted by atomic mass is 9.93. The summed E-state index contributed by atoms with van der Waals surface area (Å²) in [5.41, 5.74) is 0. The Bertz CT molecular complexity index is 511. The van der Waals surface area contributed by atoms with Crippen LogP contribution in [-0.4, -0.2) is 56.7 Å². The molecule has 0 N–H and O–H groups in total. The van der Waals surface area contributed by atoms with Crippen LogP contribution in [0.1, 0.15) is 26.7 Å². The minimum atomic E-state index is -6.40. The summed E-state index contributed by atoms with van der Waals surface area (Å²) in [6, 6.07) is 0. The molecular formula is C14H16F8I2O4. The number of halogens is 10. The first-order chi connectivity index (χ1) is 12.4. The molecule has 0 radical (unpaired) electrons. The van der Waals surface area contributed by atoms with E-state index in [1.165, 1.54) is 0 Å². The molecule has 2 unspecified atom stereocenters. The van der Waals surface area contributed by atoms with Crippen LogP contribution in [0.15, 0.2) is 0 Å². The van der Waals surface area contributed by atoms with Crippen molar-refractivity contribution in [2.75, 3.05) is 13.2 Å². The standard InChI is InChI=1S/C14H16F8I2O4/c1-7(25)27-5-9(23)3-11(15,16)13(19,20)14(21,22)12(17,18)4-10(24)6-28-8(2)26/h9-10H,3-6H2,1-2H3. The summed E-state index contributed by atoms with van der Waals surface area (Å²) < 4.78 is 116. The van der Waals surface area contributed by atoms with Gasteiger partial charge in [-0.15, -0.1) is 0 Å². The van der Waals surface area contributed by atoms with Gasteiger partial charge in [0.1, 0.15) is 13.2 Å². The van der Waals surface area contributed by atoms with E-state index in [9.17, 15) is 44.7 Å². The third-order valence-corrected chi connectivity index (χ3v) is 4.80. The molecule has 0 aromatic rings. The lowest BCUT2D eigenvalue weighted by molar-refractivity contribution is -0.367. The van der Waals surface area contributed by atoms with Gasteiger partial charge in [0.15, 0.2) is 0 Å². The molecule has 0 aromatic carbocycles. The number of ether oxygens (including phenoxy) is 2. The van der Waals surface area contributed by atoms with Gasteiger partial charge in [-0.1, -0.05) is 45.2 Å². The van der Waals surface area contributed by atoms with Gasteiger partial charge in [-0.2, -0.15) is 35.1 Å². The lowest BCUT2D eigenvalue weighted by Crippen LogP contribution is -2.63. The molecule has 0 rings (SSSR count). The van der Waals surface area contributed by atoms with Crippen LogP contribution in [0.2, 0.25) is 0 Å². The molecule has 0 aromatic heterocycles. The molecule has 2 atom stereocenters. The Morgan fingerprint density at radius 1 is 0.714 bits per heavy atom. The molecule has 0 aliphatic rings. The first-order valence-electron chi connectivity index (χ1n) is 7.43. The predicted octanol–water partition coefficient (Wildman–Crippen LogP) is 5.04. The summed E-state index contributed by atoms with van der Waals surface area (Å²) in [5, 5.41) is 0. The van der Waals surface area contributed by atoms with Crippen molar-refractivity contribution in [1.29, 1.82) is 0 Å². The number of carbonyl (C=O) groups excluding carboxylic acids is 2. The normalized spacial score (nSPS) is 15.7. The second kappa shape index (κ2) is 10.2. The van der Waals surface area contributed by atoms with Gasteiger partial charge in [-0.25, -0.2) is 0 Å². The zero-order valence-electron chi connectivity index (χ0n) is 14.4. The number of rotatable bonds is 11. The van der Waals surface area contributed by atoms with Gasteiger partial charge >= 0.3 is 35.6 Å². The van der Waals surface area contributed by atoms with Crippen molar-refractivity contribution in [1.82, 2.24) is 0 Å². The van der Waals surface area contributed by atoms with Crippen LogP contribution >= 0.6 is 45.2 Å². The molecular weight excluding hydrogens is 638 g/mol. The van der Waals surface area contributed by atoms with Crippen LogP contribution in [0.3, 0.4) is 0 Å². The number of carbonyl (C=O) groups is 2. The minimum Gasteiger partial charge on any atom is -0.465 e. The Kier molecular flexibility index (Phi) is 10.2. The highest BCUT2D eigenvalue weighted by Crippen LogP contribution is 2.55. The summed E-state index contributed by atoms with van der Waals surface area (Å²) in [6.07, 6.45) is -3.86. The van der Waals surface area contributed by atoms with E-state index in [1.54, 1.807) is 0 Å². The van der Waals surface area contributed by atoms with Crippen molar-refractivity contribution in [3.63, 3.8) is 0 Å². The van der Waals surface area contributed by atoms with Gasteiger partial charge in [-0.3, -0.25) is 9.59 Å². The summed E-state index contributed by atoms with van der Waals surface area (Å²) in [7, 11) is 0. The molecule has 14 heteroatoms. The van der Waals surface area contributed by atoms with Crippen LogP contribution in [0.4, 0.5) is 35.1 Å². The van der Waals surface area contributed by atoms with Gasteiger partial charge in [0, 0.05) is 26.7 Å². The molecule has 0 aliphatic carbocycles. The summed E-state index contributed by atoms with van der Waals surface area (Å²) in [5.74, 6) is -25.7. The van der Waals surface area contributed by atoms with E-state index >= 15 is 0 Å². The largest absolute Gasteiger partial charge is 0.465 e. The van der Waals surface area contributed by atoms with Crippen molar-refractivity contribution in [2.24, 2.45) is 0 Å². The average molecular weight is 654 g/mol. The van der Waals surface area contributed by atoms with Crippen LogP contribution in [0, 0.1) is 0 Å². The molecule has 0 saturated carbocycles. The van der Waals surface area contributed by atoms with Crippen molar-refractivity contribution in [3.05, 3.63) is 0 Å². The summed E-state index contributed by atoms with van der Waals surface area (Å²) in [6.45, 7) is 0.228. The summed E-state index contributed by atoms with van der Waals surface area (Å²) in [4.78, 5) is 21.2. The maximum Gasteiger partial charge on any atom is 0.378 e. The molecule has 166 valence electrons. The fourth-order valence-corrected chi connectivity index (χ4v) is 3.27. The Morgan fingerprint density at radius 2 is 0.964 bits per heavy atom. The maximum absolute atomic E-state index is 13.8. The fourth-order valence-electron chi connectivity index (χ4n) is 1.81. The topological polar surface area (TPSA) is 52.6 Å². The third-order valence-electron chi connectivity index (χ3n) is 3.20. The first-order valence-corrected chi connectivity index (χ1v) is 9.92. The van der Waals surface area contributed by atoms with Crippen molar-refractivity contribution in [2.45, 2.75) is 58.2 Å². The first kappa shape index (κ1) is 27.8. The zero-order valence-corrected chi connectivity index (χ0v) is 18.7. The SMILES string of the molecule is CC(=O)OCC(I)CC(F)(F)C(F)(F)C(F)(F)C(F)(F)CC(I)COC(C)=O. The third kappa shape index (κ3) is 7.27. The van der Waals surface area contributed by atoms with Gasteiger partial charge in [-0.05, 0) is 0 Å². The second-order valence-electron chi connectivity index (χ2n) is 5.77. The van der Waals surface area contributed by atoms with Gasteiger partial charge in [0.2, 0.25) is 0 Å². The van der Waals surface area contributed by atoms with E-state index in [0.29, 0.717) is 0 Å². The Hall–Kier alpha value is -0.160. The van der Waals surface area contributed by atoms with Gasteiger partial charge in [0.25, 0.3) is 0 Å². The zero-order chi connectivity index (χ0) is 22.6. The van der Waals surface area contributed by atoms with Crippen LogP contribution in [-0.2, 0) is 19.1 Å². The van der Waals surface area contributed by atoms with Gasteiger partial charge in [0.05, 0.1) is 7.85 Å². The highest BCUT2D eigenvalue weighted by Gasteiger charge is 2.80. The van der Waals surface area contributed by atoms with Gasteiger partial charge < -0.3 is 9.47 Å². The number of hydrogen-bond donors (Lipinski definition) is 0. The van der Waals surface area contributed by atoms with Crippen molar-refractivity contribution in [3.8, 4) is 0 Å². The van der Waals surface area contributed by atoms with E-state index in [-0.39, 0.29) is 0 Å². The fraction of sp³-hybridized carbons (Fsp3) is 0.857. The molecule has 0 fully saturated rings. The van der Waals surface area contributed by atoms with Crippen molar-refractivity contribution < 1.29 is 54.2 Å². The minimum absolute atomic E-state index is 0.790. The smallest absolute Gasteiger partial charge is 0.378 e. The second-order valence-corrected chi connectivity index (χ2v) is 9.29. The van der Waals surface area contributed by atoms with E-state index in [0.717, 1.165) is 59.0 Å². The van der Waals surface area contributed by atoms with E-state index in [4.69, 9.17) is 0 Å². The highest BCUT2D eigenvalue weighted by atomic mass is 127.